The summed E-state index contributed by atoms with van der Waals surface area (Å²) in [4.78, 5) is 23.4. The molecule has 1 fully saturated rings. The van der Waals surface area contributed by atoms with Gasteiger partial charge in [0.2, 0.25) is 0 Å². The van der Waals surface area contributed by atoms with Gasteiger partial charge in [0.25, 0.3) is 0 Å². The molecule has 6 heteroatoms. The average molecular weight is 342 g/mol. The summed E-state index contributed by atoms with van der Waals surface area (Å²) in [7, 11) is 0. The highest BCUT2D eigenvalue weighted by Gasteiger charge is 2.24. The number of imidazole rings is 1. The van der Waals surface area contributed by atoms with Crippen molar-refractivity contribution in [3.8, 4) is 0 Å². The Labute approximate surface area is 145 Å². The van der Waals surface area contributed by atoms with Crippen molar-refractivity contribution in [2.75, 3.05) is 13.1 Å². The summed E-state index contributed by atoms with van der Waals surface area (Å²) < 4.78 is 2.21. The Morgan fingerprint density at radius 2 is 2.25 bits per heavy atom. The number of aryl methyl sites for hydroxylation is 2. The van der Waals surface area contributed by atoms with Crippen LogP contribution in [-0.2, 0) is 6.54 Å². The van der Waals surface area contributed by atoms with E-state index in [1.165, 1.54) is 5.69 Å². The van der Waals surface area contributed by atoms with Gasteiger partial charge in [0.15, 0.2) is 10.4 Å². The van der Waals surface area contributed by atoms with E-state index in [1.54, 1.807) is 23.5 Å². The van der Waals surface area contributed by atoms with E-state index >= 15 is 0 Å². The molecule has 5 nitrogen and oxygen atoms in total. The van der Waals surface area contributed by atoms with Crippen LogP contribution in [0.2, 0.25) is 0 Å². The van der Waals surface area contributed by atoms with E-state index in [-0.39, 0.29) is 5.43 Å². The van der Waals surface area contributed by atoms with Gasteiger partial charge in [-0.3, -0.25) is 14.1 Å². The predicted octanol–water partition coefficient (Wildman–Crippen LogP) is 3.08. The normalized spacial score (nSPS) is 19.2. The van der Waals surface area contributed by atoms with Crippen molar-refractivity contribution in [1.82, 2.24) is 19.3 Å². The number of pyridine rings is 1. The lowest BCUT2D eigenvalue weighted by atomic mass is 9.94. The number of aromatic amines is 1. The lowest BCUT2D eigenvalue weighted by molar-refractivity contribution is 0.195. The molecule has 0 aromatic carbocycles. The van der Waals surface area contributed by atoms with E-state index in [0.717, 1.165) is 54.5 Å². The van der Waals surface area contributed by atoms with Crippen LogP contribution in [0.15, 0.2) is 28.5 Å². The number of nitrogens with one attached hydrogen (secondary N) is 1. The number of hydrogen-bond donors (Lipinski definition) is 1. The fourth-order valence-electron chi connectivity index (χ4n) is 3.72. The summed E-state index contributed by atoms with van der Waals surface area (Å²) in [6, 6.07) is 3.43. The van der Waals surface area contributed by atoms with Crippen LogP contribution in [0.3, 0.4) is 0 Å². The summed E-state index contributed by atoms with van der Waals surface area (Å²) in [6.45, 7) is 7.04. The maximum absolute atomic E-state index is 11.8. The third-order valence-electron chi connectivity index (χ3n) is 4.88. The number of aromatic nitrogens is 3. The van der Waals surface area contributed by atoms with Gasteiger partial charge in [0, 0.05) is 54.1 Å². The number of hydrogen-bond acceptors (Lipinski definition) is 4. The van der Waals surface area contributed by atoms with Gasteiger partial charge in [-0.25, -0.2) is 4.98 Å². The molecule has 1 atom stereocenters. The summed E-state index contributed by atoms with van der Waals surface area (Å²) in [5, 5.41) is 2.09. The molecule has 4 heterocycles. The number of H-pyrrole nitrogens is 1. The first-order valence-corrected chi connectivity index (χ1v) is 9.32. The van der Waals surface area contributed by atoms with E-state index in [1.807, 2.05) is 6.92 Å². The summed E-state index contributed by atoms with van der Waals surface area (Å²) >= 11 is 1.68. The van der Waals surface area contributed by atoms with Crippen molar-refractivity contribution >= 4 is 16.3 Å². The van der Waals surface area contributed by atoms with Crippen LogP contribution in [0, 0.1) is 13.8 Å². The van der Waals surface area contributed by atoms with Gasteiger partial charge in [-0.15, -0.1) is 11.3 Å². The summed E-state index contributed by atoms with van der Waals surface area (Å²) in [5.74, 6) is 0.401. The van der Waals surface area contributed by atoms with Crippen molar-refractivity contribution in [2.24, 2.45) is 0 Å². The number of piperidine rings is 1. The highest BCUT2D eigenvalue weighted by Crippen LogP contribution is 2.27. The first kappa shape index (κ1) is 15.6. The van der Waals surface area contributed by atoms with Gasteiger partial charge in [-0.1, -0.05) is 0 Å². The van der Waals surface area contributed by atoms with Crippen LogP contribution in [0.25, 0.3) is 4.96 Å². The molecule has 1 saturated heterocycles. The largest absolute Gasteiger partial charge is 0.362 e. The molecular weight excluding hydrogens is 320 g/mol. The Morgan fingerprint density at radius 1 is 1.38 bits per heavy atom. The number of rotatable bonds is 3. The lowest BCUT2D eigenvalue weighted by Gasteiger charge is -2.32. The molecular formula is C18H22N4OS. The van der Waals surface area contributed by atoms with Crippen molar-refractivity contribution in [2.45, 2.75) is 39.2 Å². The van der Waals surface area contributed by atoms with Gasteiger partial charge in [0.1, 0.15) is 0 Å². The zero-order chi connectivity index (χ0) is 16.7. The Hall–Kier alpha value is -1.92. The topological polar surface area (TPSA) is 53.4 Å². The monoisotopic (exact) mass is 342 g/mol. The first-order valence-electron chi connectivity index (χ1n) is 8.44. The Balaban J connectivity index is 1.55. The molecule has 3 aromatic heterocycles. The van der Waals surface area contributed by atoms with Crippen LogP contribution >= 0.6 is 11.3 Å². The maximum atomic E-state index is 11.8. The molecule has 1 aliphatic heterocycles. The molecule has 0 bridgehead atoms. The average Bonchev–Trinajstić information content (AvgIpc) is 3.10. The van der Waals surface area contributed by atoms with E-state index in [4.69, 9.17) is 0 Å². The smallest absolute Gasteiger partial charge is 0.194 e. The molecule has 24 heavy (non-hydrogen) atoms. The van der Waals surface area contributed by atoms with Crippen molar-refractivity contribution in [1.29, 1.82) is 0 Å². The minimum atomic E-state index is 0.102. The molecule has 0 saturated carbocycles. The van der Waals surface area contributed by atoms with Gasteiger partial charge in [-0.2, -0.15) is 0 Å². The van der Waals surface area contributed by atoms with Crippen LogP contribution in [0.1, 0.15) is 41.5 Å². The Bertz CT molecular complexity index is 923. The molecule has 0 amide bonds. The van der Waals surface area contributed by atoms with E-state index in [0.29, 0.717) is 5.92 Å². The minimum absolute atomic E-state index is 0.102. The SMILES string of the molecule is Cc1cc(=O)cc(C2CCCN(Cc3c(C)nc4sccn34)C2)[nH]1. The van der Waals surface area contributed by atoms with E-state index < -0.39 is 0 Å². The van der Waals surface area contributed by atoms with Crippen LogP contribution < -0.4 is 5.43 Å². The zero-order valence-electron chi connectivity index (χ0n) is 14.1. The molecule has 0 radical (unpaired) electrons. The molecule has 1 N–H and O–H groups in total. The van der Waals surface area contributed by atoms with E-state index in [9.17, 15) is 4.79 Å². The van der Waals surface area contributed by atoms with Gasteiger partial charge in [0.05, 0.1) is 11.4 Å². The van der Waals surface area contributed by atoms with Crippen molar-refractivity contribution in [3.63, 3.8) is 0 Å². The minimum Gasteiger partial charge on any atom is -0.362 e. The second-order valence-electron chi connectivity index (χ2n) is 6.73. The number of likely N-dealkylation sites (tertiary alicyclic amines) is 1. The molecule has 0 aliphatic carbocycles. The third kappa shape index (κ3) is 2.91. The zero-order valence-corrected chi connectivity index (χ0v) is 14.9. The third-order valence-corrected chi connectivity index (χ3v) is 5.63. The van der Waals surface area contributed by atoms with Crippen molar-refractivity contribution in [3.05, 3.63) is 56.7 Å². The van der Waals surface area contributed by atoms with E-state index in [2.05, 4.69) is 37.8 Å². The molecule has 1 aliphatic rings. The van der Waals surface area contributed by atoms with Gasteiger partial charge < -0.3 is 4.98 Å². The Kier molecular flexibility index (Phi) is 4.02. The second-order valence-corrected chi connectivity index (χ2v) is 7.60. The fourth-order valence-corrected chi connectivity index (χ4v) is 4.50. The molecule has 0 spiro atoms. The molecule has 4 rings (SSSR count). The molecule has 3 aromatic rings. The summed E-state index contributed by atoms with van der Waals surface area (Å²) in [6.07, 6.45) is 4.40. The Morgan fingerprint density at radius 3 is 3.08 bits per heavy atom. The highest BCUT2D eigenvalue weighted by atomic mass is 32.1. The number of fused-ring (bicyclic) bond motifs is 1. The number of nitrogens with zero attached hydrogens (tertiary/aromatic N) is 3. The van der Waals surface area contributed by atoms with Crippen molar-refractivity contribution < 1.29 is 0 Å². The second kappa shape index (κ2) is 6.18. The quantitative estimate of drug-likeness (QED) is 0.796. The van der Waals surface area contributed by atoms with Crippen LogP contribution in [0.5, 0.6) is 0 Å². The fraction of sp³-hybridized carbons (Fsp3) is 0.444. The van der Waals surface area contributed by atoms with Crippen LogP contribution in [-0.4, -0.2) is 32.4 Å². The number of thiazole rings is 1. The van der Waals surface area contributed by atoms with Crippen LogP contribution in [0.4, 0.5) is 0 Å². The van der Waals surface area contributed by atoms with Gasteiger partial charge >= 0.3 is 0 Å². The molecule has 126 valence electrons. The summed E-state index contributed by atoms with van der Waals surface area (Å²) in [5.41, 5.74) is 4.53. The lowest BCUT2D eigenvalue weighted by Crippen LogP contribution is -2.35. The predicted molar refractivity (Wildman–Crippen MR) is 96.9 cm³/mol. The maximum Gasteiger partial charge on any atom is 0.194 e. The highest BCUT2D eigenvalue weighted by molar-refractivity contribution is 7.15. The first-order chi connectivity index (χ1) is 11.6. The standard InChI is InChI=1S/C18H22N4OS/c1-12-8-15(23)9-16(19-12)14-4-3-5-21(10-14)11-17-13(2)20-18-22(17)6-7-24-18/h6-9,14H,3-5,10-11H2,1-2H3,(H,19,23). The van der Waals surface area contributed by atoms with Gasteiger partial charge in [-0.05, 0) is 33.2 Å². The molecule has 1 unspecified atom stereocenters.